The second-order valence-corrected chi connectivity index (χ2v) is 6.67. The predicted molar refractivity (Wildman–Crippen MR) is 99.4 cm³/mol. The Balaban J connectivity index is 2.14. The largest absolute Gasteiger partial charge is 0.496 e. The summed E-state index contributed by atoms with van der Waals surface area (Å²) in [6, 6.07) is 5.58. The lowest BCUT2D eigenvalue weighted by molar-refractivity contribution is -0.145. The van der Waals surface area contributed by atoms with Crippen LogP contribution in [0.4, 0.5) is 0 Å². The number of carbonyl (C=O) groups excluding carboxylic acids is 2. The van der Waals surface area contributed by atoms with Crippen molar-refractivity contribution >= 4 is 27.9 Å². The molecule has 0 atom stereocenters. The minimum atomic E-state index is -0.240. The minimum Gasteiger partial charge on any atom is -0.496 e. The van der Waals surface area contributed by atoms with Crippen molar-refractivity contribution < 1.29 is 23.8 Å². The Bertz CT molecular complexity index is 545. The van der Waals surface area contributed by atoms with Crippen LogP contribution in [0.15, 0.2) is 22.7 Å². The Labute approximate surface area is 158 Å². The number of unbranched alkanes of at least 4 members (excludes halogenated alkanes) is 3. The first-order valence-corrected chi connectivity index (χ1v) is 9.49. The number of carbonyl (C=O) groups is 2. The summed E-state index contributed by atoms with van der Waals surface area (Å²) in [4.78, 5) is 23.2. The molecule has 0 aromatic heterocycles. The monoisotopic (exact) mass is 414 g/mol. The molecular formula is C19H27BrO5. The summed E-state index contributed by atoms with van der Waals surface area (Å²) in [5.41, 5.74) is 0.828. The number of halogens is 1. The third-order valence-electron chi connectivity index (χ3n) is 3.66. The first kappa shape index (κ1) is 21.5. The molecule has 0 amide bonds. The van der Waals surface area contributed by atoms with Crippen LogP contribution in [0.2, 0.25) is 0 Å². The smallest absolute Gasteiger partial charge is 0.306 e. The van der Waals surface area contributed by atoms with E-state index in [2.05, 4.69) is 22.9 Å². The minimum absolute atomic E-state index is 0.154. The Hall–Kier alpha value is -1.56. The summed E-state index contributed by atoms with van der Waals surface area (Å²) in [7, 11) is 1.58. The normalized spacial score (nSPS) is 10.4. The average molecular weight is 415 g/mol. The molecule has 6 heteroatoms. The fraction of sp³-hybridized carbons (Fsp3) is 0.579. The van der Waals surface area contributed by atoms with Gasteiger partial charge in [-0.1, -0.05) is 41.8 Å². The van der Waals surface area contributed by atoms with Crippen molar-refractivity contribution in [2.75, 3.05) is 13.7 Å². The lowest BCUT2D eigenvalue weighted by Crippen LogP contribution is -2.07. The van der Waals surface area contributed by atoms with Gasteiger partial charge in [-0.15, -0.1) is 0 Å². The SMILES string of the molecule is CCCCOC(=O)CCCCCC(=O)OCc1ccc(Br)cc1OC. The van der Waals surface area contributed by atoms with Gasteiger partial charge in [-0.3, -0.25) is 9.59 Å². The van der Waals surface area contributed by atoms with Gasteiger partial charge in [0.25, 0.3) is 0 Å². The third kappa shape index (κ3) is 9.48. The van der Waals surface area contributed by atoms with E-state index in [1.165, 1.54) is 0 Å². The summed E-state index contributed by atoms with van der Waals surface area (Å²) >= 11 is 3.37. The number of rotatable bonds is 12. The zero-order valence-electron chi connectivity index (χ0n) is 15.0. The molecule has 25 heavy (non-hydrogen) atoms. The Morgan fingerprint density at radius 1 is 1.00 bits per heavy atom. The molecule has 0 heterocycles. The van der Waals surface area contributed by atoms with Crippen LogP contribution in [0.3, 0.4) is 0 Å². The van der Waals surface area contributed by atoms with Crippen LogP contribution in [0.5, 0.6) is 5.75 Å². The maximum Gasteiger partial charge on any atom is 0.306 e. The molecule has 0 aliphatic heterocycles. The zero-order chi connectivity index (χ0) is 18.5. The van der Waals surface area contributed by atoms with E-state index in [1.807, 2.05) is 18.2 Å². The van der Waals surface area contributed by atoms with Gasteiger partial charge < -0.3 is 14.2 Å². The van der Waals surface area contributed by atoms with E-state index in [0.29, 0.717) is 31.6 Å². The van der Waals surface area contributed by atoms with Gasteiger partial charge >= 0.3 is 11.9 Å². The second kappa shape index (κ2) is 12.8. The molecule has 0 saturated heterocycles. The van der Waals surface area contributed by atoms with Crippen LogP contribution in [0, 0.1) is 0 Å². The van der Waals surface area contributed by atoms with Crippen molar-refractivity contribution in [2.24, 2.45) is 0 Å². The predicted octanol–water partition coefficient (Wildman–Crippen LogP) is 4.79. The summed E-state index contributed by atoms with van der Waals surface area (Å²) in [5.74, 6) is 0.289. The van der Waals surface area contributed by atoms with E-state index >= 15 is 0 Å². The van der Waals surface area contributed by atoms with E-state index in [9.17, 15) is 9.59 Å². The highest BCUT2D eigenvalue weighted by atomic mass is 79.9. The van der Waals surface area contributed by atoms with E-state index in [-0.39, 0.29) is 18.5 Å². The molecule has 140 valence electrons. The quantitative estimate of drug-likeness (QED) is 0.363. The van der Waals surface area contributed by atoms with E-state index in [1.54, 1.807) is 7.11 Å². The maximum absolute atomic E-state index is 11.8. The highest BCUT2D eigenvalue weighted by Gasteiger charge is 2.08. The van der Waals surface area contributed by atoms with Gasteiger partial charge in [-0.05, 0) is 31.4 Å². The molecule has 0 bridgehead atoms. The molecule has 1 rings (SSSR count). The van der Waals surface area contributed by atoms with Crippen molar-refractivity contribution in [3.8, 4) is 5.75 Å². The van der Waals surface area contributed by atoms with Crippen LogP contribution in [-0.2, 0) is 25.7 Å². The standard InChI is InChI=1S/C19H27BrO5/c1-3-4-12-24-18(21)8-6-5-7-9-19(22)25-14-15-10-11-16(20)13-17(15)23-2/h10-11,13H,3-9,12,14H2,1-2H3. The maximum atomic E-state index is 11.8. The van der Waals surface area contributed by atoms with Gasteiger partial charge in [-0.2, -0.15) is 0 Å². The Morgan fingerprint density at radius 2 is 1.68 bits per heavy atom. The van der Waals surface area contributed by atoms with Crippen LogP contribution >= 0.6 is 15.9 Å². The summed E-state index contributed by atoms with van der Waals surface area (Å²) < 4.78 is 16.5. The van der Waals surface area contributed by atoms with Gasteiger partial charge in [-0.25, -0.2) is 0 Å². The first-order chi connectivity index (χ1) is 12.1. The number of methoxy groups -OCH3 is 1. The van der Waals surface area contributed by atoms with E-state index in [4.69, 9.17) is 14.2 Å². The molecular weight excluding hydrogens is 388 g/mol. The number of ether oxygens (including phenoxy) is 3. The lowest BCUT2D eigenvalue weighted by atomic mass is 10.1. The second-order valence-electron chi connectivity index (χ2n) is 5.75. The van der Waals surface area contributed by atoms with Gasteiger partial charge in [0, 0.05) is 22.9 Å². The highest BCUT2D eigenvalue weighted by molar-refractivity contribution is 9.10. The van der Waals surface area contributed by atoms with Gasteiger partial charge in [0.05, 0.1) is 13.7 Å². The Morgan fingerprint density at radius 3 is 2.32 bits per heavy atom. The lowest BCUT2D eigenvalue weighted by Gasteiger charge is -2.10. The van der Waals surface area contributed by atoms with E-state index in [0.717, 1.165) is 35.7 Å². The molecule has 1 aromatic rings. The molecule has 1 aromatic carbocycles. The van der Waals surface area contributed by atoms with Gasteiger partial charge in [0.1, 0.15) is 12.4 Å². The number of hydrogen-bond acceptors (Lipinski definition) is 5. The molecule has 0 fully saturated rings. The summed E-state index contributed by atoms with van der Waals surface area (Å²) in [6.45, 7) is 2.75. The zero-order valence-corrected chi connectivity index (χ0v) is 16.6. The van der Waals surface area contributed by atoms with Gasteiger partial charge in [0.15, 0.2) is 0 Å². The van der Waals surface area contributed by atoms with Crippen molar-refractivity contribution in [3.63, 3.8) is 0 Å². The Kier molecular flexibility index (Phi) is 11.0. The number of benzene rings is 1. The summed E-state index contributed by atoms with van der Waals surface area (Å²) in [6.07, 6.45) is 4.93. The van der Waals surface area contributed by atoms with Crippen LogP contribution in [0.25, 0.3) is 0 Å². The van der Waals surface area contributed by atoms with Gasteiger partial charge in [0.2, 0.25) is 0 Å². The average Bonchev–Trinajstić information content (AvgIpc) is 2.60. The topological polar surface area (TPSA) is 61.8 Å². The molecule has 0 N–H and O–H groups in total. The summed E-state index contributed by atoms with van der Waals surface area (Å²) in [5, 5.41) is 0. The molecule has 5 nitrogen and oxygen atoms in total. The molecule has 0 aliphatic carbocycles. The van der Waals surface area contributed by atoms with Crippen molar-refractivity contribution in [1.29, 1.82) is 0 Å². The number of esters is 2. The van der Waals surface area contributed by atoms with Crippen LogP contribution in [0.1, 0.15) is 57.4 Å². The van der Waals surface area contributed by atoms with Crippen molar-refractivity contribution in [1.82, 2.24) is 0 Å². The fourth-order valence-electron chi connectivity index (χ4n) is 2.19. The van der Waals surface area contributed by atoms with Crippen LogP contribution in [-0.4, -0.2) is 25.7 Å². The number of hydrogen-bond donors (Lipinski definition) is 0. The molecule has 0 radical (unpaired) electrons. The first-order valence-electron chi connectivity index (χ1n) is 8.70. The fourth-order valence-corrected chi connectivity index (χ4v) is 2.53. The third-order valence-corrected chi connectivity index (χ3v) is 4.15. The molecule has 0 unspecified atom stereocenters. The molecule has 0 saturated carbocycles. The van der Waals surface area contributed by atoms with E-state index < -0.39 is 0 Å². The molecule has 0 aliphatic rings. The molecule has 0 spiro atoms. The van der Waals surface area contributed by atoms with Crippen molar-refractivity contribution in [2.45, 2.75) is 58.5 Å². The van der Waals surface area contributed by atoms with Crippen LogP contribution < -0.4 is 4.74 Å². The highest BCUT2D eigenvalue weighted by Crippen LogP contribution is 2.24. The van der Waals surface area contributed by atoms with Crippen molar-refractivity contribution in [3.05, 3.63) is 28.2 Å².